The highest BCUT2D eigenvalue weighted by atomic mass is 16.5. The molecular formula is C13H21N3O. The topological polar surface area (TPSA) is 32.5 Å². The van der Waals surface area contributed by atoms with Gasteiger partial charge in [0.1, 0.15) is 11.5 Å². The second-order valence-electron chi connectivity index (χ2n) is 5.13. The Kier molecular flexibility index (Phi) is 3.16. The van der Waals surface area contributed by atoms with Crippen LogP contribution < -0.4 is 0 Å². The predicted octanol–water partition coefficient (Wildman–Crippen LogP) is 1.65. The normalized spacial score (nSPS) is 21.9. The van der Waals surface area contributed by atoms with Crippen molar-refractivity contribution < 1.29 is 4.52 Å². The first-order valence-corrected chi connectivity index (χ1v) is 6.78. The maximum Gasteiger partial charge on any atom is 0.142 e. The minimum Gasteiger partial charge on any atom is -0.361 e. The van der Waals surface area contributed by atoms with E-state index in [1.807, 2.05) is 0 Å². The molecule has 2 aliphatic heterocycles. The second kappa shape index (κ2) is 4.78. The molecule has 94 valence electrons. The van der Waals surface area contributed by atoms with Crippen molar-refractivity contribution in [2.24, 2.45) is 0 Å². The summed E-state index contributed by atoms with van der Waals surface area (Å²) in [5.74, 6) is 1.13. The van der Waals surface area contributed by atoms with Crippen molar-refractivity contribution in [3.8, 4) is 0 Å². The lowest BCUT2D eigenvalue weighted by Gasteiger charge is -2.24. The van der Waals surface area contributed by atoms with Gasteiger partial charge in [-0.2, -0.15) is 0 Å². The zero-order valence-corrected chi connectivity index (χ0v) is 10.6. The van der Waals surface area contributed by atoms with Crippen LogP contribution in [0.3, 0.4) is 0 Å². The lowest BCUT2D eigenvalue weighted by Crippen LogP contribution is -2.30. The molecule has 4 heteroatoms. The standard InChI is InChI=1S/C13H21N3O/c1-2-15-8-5-13-11(9-15)12(14-17-13)10-16-6-3-4-7-16/h2-10H2,1H3. The molecule has 4 nitrogen and oxygen atoms in total. The number of likely N-dealkylation sites (N-methyl/N-ethyl adjacent to an activating group) is 1. The molecule has 0 aliphatic carbocycles. The van der Waals surface area contributed by atoms with Crippen molar-refractivity contribution in [1.82, 2.24) is 15.0 Å². The molecule has 0 atom stereocenters. The molecule has 3 heterocycles. The van der Waals surface area contributed by atoms with Crippen molar-refractivity contribution in [3.05, 3.63) is 17.0 Å². The van der Waals surface area contributed by atoms with Gasteiger partial charge < -0.3 is 4.52 Å². The van der Waals surface area contributed by atoms with Gasteiger partial charge >= 0.3 is 0 Å². The van der Waals surface area contributed by atoms with Gasteiger partial charge in [-0.1, -0.05) is 12.1 Å². The number of hydrogen-bond acceptors (Lipinski definition) is 4. The Morgan fingerprint density at radius 2 is 2.00 bits per heavy atom. The predicted molar refractivity (Wildman–Crippen MR) is 65.7 cm³/mol. The van der Waals surface area contributed by atoms with Crippen LogP contribution in [0.5, 0.6) is 0 Å². The minimum atomic E-state index is 0.983. The number of likely N-dealkylation sites (tertiary alicyclic amines) is 1. The fraction of sp³-hybridized carbons (Fsp3) is 0.769. The molecule has 1 saturated heterocycles. The van der Waals surface area contributed by atoms with Crippen molar-refractivity contribution in [2.45, 2.75) is 39.3 Å². The Bertz CT molecular complexity index is 382. The van der Waals surface area contributed by atoms with Gasteiger partial charge in [-0.05, 0) is 32.5 Å². The fourth-order valence-corrected chi connectivity index (χ4v) is 2.87. The summed E-state index contributed by atoms with van der Waals surface area (Å²) in [6.07, 6.45) is 3.69. The zero-order valence-electron chi connectivity index (χ0n) is 10.6. The summed E-state index contributed by atoms with van der Waals surface area (Å²) in [6.45, 7) is 8.90. The Labute approximate surface area is 103 Å². The third-order valence-corrected chi connectivity index (χ3v) is 4.01. The third-order valence-electron chi connectivity index (χ3n) is 4.01. The van der Waals surface area contributed by atoms with Gasteiger partial charge in [0.05, 0.1) is 0 Å². The van der Waals surface area contributed by atoms with E-state index in [0.29, 0.717) is 0 Å². The summed E-state index contributed by atoms with van der Waals surface area (Å²) in [5.41, 5.74) is 2.55. The molecule has 3 rings (SSSR count). The molecule has 0 amide bonds. The van der Waals surface area contributed by atoms with Crippen LogP contribution >= 0.6 is 0 Å². The highest BCUT2D eigenvalue weighted by molar-refractivity contribution is 5.25. The van der Waals surface area contributed by atoms with E-state index in [1.54, 1.807) is 0 Å². The molecule has 1 aromatic rings. The highest BCUT2D eigenvalue weighted by Gasteiger charge is 2.24. The summed E-state index contributed by atoms with van der Waals surface area (Å²) in [7, 11) is 0. The molecule has 17 heavy (non-hydrogen) atoms. The van der Waals surface area contributed by atoms with Gasteiger partial charge in [0, 0.05) is 31.6 Å². The van der Waals surface area contributed by atoms with Crippen LogP contribution in [0.15, 0.2) is 4.52 Å². The van der Waals surface area contributed by atoms with E-state index in [2.05, 4.69) is 21.9 Å². The Morgan fingerprint density at radius 3 is 2.76 bits per heavy atom. The summed E-state index contributed by atoms with van der Waals surface area (Å²) >= 11 is 0. The molecule has 0 unspecified atom stereocenters. The van der Waals surface area contributed by atoms with Crippen LogP contribution in [-0.4, -0.2) is 41.1 Å². The summed E-state index contributed by atoms with van der Waals surface area (Å²) in [4.78, 5) is 4.95. The smallest absolute Gasteiger partial charge is 0.142 e. The molecular weight excluding hydrogens is 214 g/mol. The lowest BCUT2D eigenvalue weighted by atomic mass is 10.1. The van der Waals surface area contributed by atoms with Gasteiger partial charge in [-0.3, -0.25) is 9.80 Å². The summed E-state index contributed by atoms with van der Waals surface area (Å²) in [6, 6.07) is 0. The first kappa shape index (κ1) is 11.2. The van der Waals surface area contributed by atoms with E-state index >= 15 is 0 Å². The van der Waals surface area contributed by atoms with Gasteiger partial charge in [-0.25, -0.2) is 0 Å². The lowest BCUT2D eigenvalue weighted by molar-refractivity contribution is 0.247. The van der Waals surface area contributed by atoms with Crippen LogP contribution in [0, 0.1) is 0 Å². The highest BCUT2D eigenvalue weighted by Crippen LogP contribution is 2.24. The summed E-state index contributed by atoms with van der Waals surface area (Å²) < 4.78 is 5.49. The maximum absolute atomic E-state index is 5.49. The molecule has 0 spiro atoms. The number of hydrogen-bond donors (Lipinski definition) is 0. The van der Waals surface area contributed by atoms with Crippen molar-refractivity contribution >= 4 is 0 Å². The van der Waals surface area contributed by atoms with Crippen LogP contribution in [0.2, 0.25) is 0 Å². The largest absolute Gasteiger partial charge is 0.361 e. The molecule has 0 bridgehead atoms. The molecule has 0 saturated carbocycles. The molecule has 0 N–H and O–H groups in total. The fourth-order valence-electron chi connectivity index (χ4n) is 2.87. The molecule has 2 aliphatic rings. The number of fused-ring (bicyclic) bond motifs is 1. The molecule has 1 fully saturated rings. The van der Waals surface area contributed by atoms with Gasteiger partial charge in [0.2, 0.25) is 0 Å². The van der Waals surface area contributed by atoms with E-state index in [9.17, 15) is 0 Å². The van der Waals surface area contributed by atoms with Crippen LogP contribution in [0.25, 0.3) is 0 Å². The summed E-state index contributed by atoms with van der Waals surface area (Å²) in [5, 5.41) is 4.29. The monoisotopic (exact) mass is 235 g/mol. The van der Waals surface area contributed by atoms with E-state index < -0.39 is 0 Å². The quantitative estimate of drug-likeness (QED) is 0.797. The Balaban J connectivity index is 1.74. The molecule has 0 radical (unpaired) electrons. The maximum atomic E-state index is 5.49. The van der Waals surface area contributed by atoms with Crippen molar-refractivity contribution in [3.63, 3.8) is 0 Å². The van der Waals surface area contributed by atoms with E-state index in [0.717, 1.165) is 38.4 Å². The van der Waals surface area contributed by atoms with E-state index in [4.69, 9.17) is 4.52 Å². The Hall–Kier alpha value is -0.870. The van der Waals surface area contributed by atoms with Gasteiger partial charge in [0.25, 0.3) is 0 Å². The number of nitrogens with zero attached hydrogens (tertiary/aromatic N) is 3. The zero-order chi connectivity index (χ0) is 11.7. The number of aromatic nitrogens is 1. The van der Waals surface area contributed by atoms with Crippen LogP contribution in [-0.2, 0) is 19.5 Å². The van der Waals surface area contributed by atoms with Gasteiger partial charge in [-0.15, -0.1) is 0 Å². The average Bonchev–Trinajstić information content (AvgIpc) is 2.99. The van der Waals surface area contributed by atoms with Gasteiger partial charge in [0.15, 0.2) is 0 Å². The van der Waals surface area contributed by atoms with E-state index in [-0.39, 0.29) is 0 Å². The molecule has 1 aromatic heterocycles. The van der Waals surface area contributed by atoms with Crippen LogP contribution in [0.1, 0.15) is 36.8 Å². The molecule has 0 aromatic carbocycles. The van der Waals surface area contributed by atoms with Crippen LogP contribution in [0.4, 0.5) is 0 Å². The first-order valence-electron chi connectivity index (χ1n) is 6.78. The average molecular weight is 235 g/mol. The SMILES string of the molecule is CCN1CCc2onc(CN3CCCC3)c2C1. The first-order chi connectivity index (χ1) is 8.36. The third kappa shape index (κ3) is 2.24. The van der Waals surface area contributed by atoms with E-state index in [1.165, 1.54) is 37.2 Å². The Morgan fingerprint density at radius 1 is 1.18 bits per heavy atom. The van der Waals surface area contributed by atoms with Crippen molar-refractivity contribution in [2.75, 3.05) is 26.2 Å². The second-order valence-corrected chi connectivity index (χ2v) is 5.13. The number of rotatable bonds is 3. The minimum absolute atomic E-state index is 0.983. The van der Waals surface area contributed by atoms with Crippen molar-refractivity contribution in [1.29, 1.82) is 0 Å².